The van der Waals surface area contributed by atoms with Gasteiger partial charge in [-0.05, 0) is 37.2 Å². The first kappa shape index (κ1) is 17.0. The molecule has 2 saturated heterocycles. The molecule has 0 saturated carbocycles. The van der Waals surface area contributed by atoms with E-state index in [1.54, 1.807) is 24.3 Å². The van der Waals surface area contributed by atoms with E-state index >= 15 is 0 Å². The predicted molar refractivity (Wildman–Crippen MR) is 95.3 cm³/mol. The van der Waals surface area contributed by atoms with Crippen molar-refractivity contribution in [3.8, 4) is 0 Å². The van der Waals surface area contributed by atoms with Gasteiger partial charge in [0.15, 0.2) is 0 Å². The standard InChI is InChI=1S/C17H23N3O3S/c1-18-10-12-19(13-11-18)17(21)8-5-15-3-6-16(7-4-15)20-9-2-14-24(20,22)23/h3-8H,2,9-14H2,1H3/b8-5+. The summed E-state index contributed by atoms with van der Waals surface area (Å²) in [6.45, 7) is 3.85. The Bertz CT molecular complexity index is 720. The fraction of sp³-hybridized carbons (Fsp3) is 0.471. The highest BCUT2D eigenvalue weighted by Gasteiger charge is 2.28. The Morgan fingerprint density at radius 1 is 1.04 bits per heavy atom. The number of carbonyl (C=O) groups is 1. The highest BCUT2D eigenvalue weighted by Crippen LogP contribution is 2.24. The lowest BCUT2D eigenvalue weighted by Crippen LogP contribution is -2.46. The van der Waals surface area contributed by atoms with E-state index < -0.39 is 10.0 Å². The van der Waals surface area contributed by atoms with Crippen molar-refractivity contribution in [2.75, 3.05) is 49.8 Å². The summed E-state index contributed by atoms with van der Waals surface area (Å²) in [4.78, 5) is 16.2. The molecule has 0 N–H and O–H groups in total. The minimum Gasteiger partial charge on any atom is -0.337 e. The van der Waals surface area contributed by atoms with Crippen LogP contribution in [0.2, 0.25) is 0 Å². The van der Waals surface area contributed by atoms with Crippen molar-refractivity contribution < 1.29 is 13.2 Å². The van der Waals surface area contributed by atoms with Crippen molar-refractivity contribution in [3.05, 3.63) is 35.9 Å². The largest absolute Gasteiger partial charge is 0.337 e. The van der Waals surface area contributed by atoms with Crippen LogP contribution in [0.25, 0.3) is 6.08 Å². The van der Waals surface area contributed by atoms with E-state index in [-0.39, 0.29) is 11.7 Å². The molecule has 0 aromatic heterocycles. The van der Waals surface area contributed by atoms with Gasteiger partial charge in [0.25, 0.3) is 0 Å². The maximum atomic E-state index is 12.2. The average molecular weight is 349 g/mol. The molecule has 2 aliphatic rings. The van der Waals surface area contributed by atoms with E-state index in [1.807, 2.05) is 17.0 Å². The molecule has 0 atom stereocenters. The Morgan fingerprint density at radius 3 is 2.29 bits per heavy atom. The third kappa shape index (κ3) is 3.79. The number of sulfonamides is 1. The predicted octanol–water partition coefficient (Wildman–Crippen LogP) is 1.01. The van der Waals surface area contributed by atoms with Gasteiger partial charge in [-0.2, -0.15) is 0 Å². The van der Waals surface area contributed by atoms with Gasteiger partial charge in [0.2, 0.25) is 15.9 Å². The van der Waals surface area contributed by atoms with Crippen molar-refractivity contribution >= 4 is 27.7 Å². The van der Waals surface area contributed by atoms with Crippen LogP contribution < -0.4 is 4.31 Å². The Kier molecular flexibility index (Phi) is 4.91. The van der Waals surface area contributed by atoms with Crippen LogP contribution in [-0.4, -0.2) is 69.6 Å². The summed E-state index contributed by atoms with van der Waals surface area (Å²) in [5, 5.41) is 0. The summed E-state index contributed by atoms with van der Waals surface area (Å²) in [5.41, 5.74) is 1.58. The van der Waals surface area contributed by atoms with E-state index in [1.165, 1.54) is 4.31 Å². The normalized spacial score (nSPS) is 21.5. The third-order valence-electron chi connectivity index (χ3n) is 4.51. The molecule has 3 rings (SSSR count). The molecule has 0 radical (unpaired) electrons. The molecule has 0 spiro atoms. The molecule has 2 heterocycles. The van der Waals surface area contributed by atoms with Gasteiger partial charge in [-0.1, -0.05) is 12.1 Å². The second kappa shape index (κ2) is 6.94. The Morgan fingerprint density at radius 2 is 1.71 bits per heavy atom. The SMILES string of the molecule is CN1CCN(C(=O)/C=C/c2ccc(N3CCCS3(=O)=O)cc2)CC1. The van der Waals surface area contributed by atoms with Crippen molar-refractivity contribution in [3.63, 3.8) is 0 Å². The maximum absolute atomic E-state index is 12.2. The maximum Gasteiger partial charge on any atom is 0.246 e. The Labute approximate surface area is 143 Å². The lowest BCUT2D eigenvalue weighted by molar-refractivity contribution is -0.127. The van der Waals surface area contributed by atoms with Crippen LogP contribution in [0.5, 0.6) is 0 Å². The second-order valence-corrected chi connectivity index (χ2v) is 8.31. The van der Waals surface area contributed by atoms with Crippen LogP contribution >= 0.6 is 0 Å². The summed E-state index contributed by atoms with van der Waals surface area (Å²) in [7, 11) is -1.09. The lowest BCUT2D eigenvalue weighted by atomic mass is 10.2. The van der Waals surface area contributed by atoms with Crippen LogP contribution in [0.1, 0.15) is 12.0 Å². The van der Waals surface area contributed by atoms with Gasteiger partial charge in [0, 0.05) is 38.8 Å². The molecule has 0 unspecified atom stereocenters. The van der Waals surface area contributed by atoms with Gasteiger partial charge < -0.3 is 9.80 Å². The molecule has 1 amide bonds. The van der Waals surface area contributed by atoms with Crippen LogP contribution in [-0.2, 0) is 14.8 Å². The van der Waals surface area contributed by atoms with Crippen molar-refractivity contribution in [2.45, 2.75) is 6.42 Å². The topological polar surface area (TPSA) is 60.9 Å². The molecule has 24 heavy (non-hydrogen) atoms. The van der Waals surface area contributed by atoms with Crippen LogP contribution in [0.15, 0.2) is 30.3 Å². The zero-order chi connectivity index (χ0) is 17.2. The average Bonchev–Trinajstić information content (AvgIpc) is 2.93. The number of benzene rings is 1. The van der Waals surface area contributed by atoms with Gasteiger partial charge in [-0.15, -0.1) is 0 Å². The Hall–Kier alpha value is -1.86. The summed E-state index contributed by atoms with van der Waals surface area (Å²) < 4.78 is 25.3. The van der Waals surface area contributed by atoms with Gasteiger partial charge in [-0.25, -0.2) is 8.42 Å². The molecular weight excluding hydrogens is 326 g/mol. The molecule has 2 fully saturated rings. The number of nitrogens with zero attached hydrogens (tertiary/aromatic N) is 3. The fourth-order valence-corrected chi connectivity index (χ4v) is 4.55. The number of likely N-dealkylation sites (N-methyl/N-ethyl adjacent to an activating group) is 1. The minimum absolute atomic E-state index is 0.0225. The highest BCUT2D eigenvalue weighted by atomic mass is 32.2. The van der Waals surface area contributed by atoms with Gasteiger partial charge in [0.1, 0.15) is 0 Å². The molecule has 2 aliphatic heterocycles. The molecule has 7 heteroatoms. The zero-order valence-electron chi connectivity index (χ0n) is 13.9. The molecule has 0 bridgehead atoms. The number of amides is 1. The summed E-state index contributed by atoms with van der Waals surface area (Å²) in [6.07, 6.45) is 4.04. The fourth-order valence-electron chi connectivity index (χ4n) is 2.98. The smallest absolute Gasteiger partial charge is 0.246 e. The number of carbonyl (C=O) groups excluding carboxylic acids is 1. The molecule has 6 nitrogen and oxygen atoms in total. The number of hydrogen-bond donors (Lipinski definition) is 0. The molecule has 130 valence electrons. The molecule has 1 aromatic carbocycles. The summed E-state index contributed by atoms with van der Waals surface area (Å²) in [5.74, 6) is 0.239. The summed E-state index contributed by atoms with van der Waals surface area (Å²) >= 11 is 0. The number of hydrogen-bond acceptors (Lipinski definition) is 4. The molecule has 0 aliphatic carbocycles. The van der Waals surface area contributed by atoms with Crippen molar-refractivity contribution in [1.82, 2.24) is 9.80 Å². The first-order valence-corrected chi connectivity index (χ1v) is 9.83. The quantitative estimate of drug-likeness (QED) is 0.765. The summed E-state index contributed by atoms with van der Waals surface area (Å²) in [6, 6.07) is 7.28. The third-order valence-corrected chi connectivity index (χ3v) is 6.38. The van der Waals surface area contributed by atoms with Crippen molar-refractivity contribution in [1.29, 1.82) is 0 Å². The van der Waals surface area contributed by atoms with Gasteiger partial charge in [-0.3, -0.25) is 9.10 Å². The minimum atomic E-state index is -3.15. The number of anilines is 1. The lowest BCUT2D eigenvalue weighted by Gasteiger charge is -2.31. The van der Waals surface area contributed by atoms with E-state index in [0.717, 1.165) is 31.7 Å². The van der Waals surface area contributed by atoms with E-state index in [9.17, 15) is 13.2 Å². The zero-order valence-corrected chi connectivity index (χ0v) is 14.7. The highest BCUT2D eigenvalue weighted by molar-refractivity contribution is 7.93. The van der Waals surface area contributed by atoms with Gasteiger partial charge in [0.05, 0.1) is 11.4 Å². The monoisotopic (exact) mass is 349 g/mol. The van der Waals surface area contributed by atoms with Crippen LogP contribution in [0.4, 0.5) is 5.69 Å². The van der Waals surface area contributed by atoms with Crippen molar-refractivity contribution in [2.24, 2.45) is 0 Å². The Balaban J connectivity index is 1.63. The molecular formula is C17H23N3O3S. The van der Waals surface area contributed by atoms with Crippen LogP contribution in [0.3, 0.4) is 0 Å². The van der Waals surface area contributed by atoms with E-state index in [2.05, 4.69) is 11.9 Å². The van der Waals surface area contributed by atoms with Gasteiger partial charge >= 0.3 is 0 Å². The van der Waals surface area contributed by atoms with E-state index in [0.29, 0.717) is 18.7 Å². The number of rotatable bonds is 3. The van der Waals surface area contributed by atoms with Crippen LogP contribution in [0, 0.1) is 0 Å². The first-order valence-electron chi connectivity index (χ1n) is 8.22. The second-order valence-electron chi connectivity index (χ2n) is 6.30. The molecule has 1 aromatic rings. The first-order chi connectivity index (χ1) is 11.5. The number of piperazine rings is 1. The van der Waals surface area contributed by atoms with E-state index in [4.69, 9.17) is 0 Å².